The molecule has 26 heavy (non-hydrogen) atoms. The molecule has 1 amide bonds. The largest absolute Gasteiger partial charge is 0.367 e. The van der Waals surface area contributed by atoms with E-state index in [0.29, 0.717) is 28.9 Å². The van der Waals surface area contributed by atoms with Crippen LogP contribution in [0.15, 0.2) is 42.7 Å². The van der Waals surface area contributed by atoms with Gasteiger partial charge in [0.15, 0.2) is 5.82 Å². The molecule has 0 unspecified atom stereocenters. The highest BCUT2D eigenvalue weighted by molar-refractivity contribution is 6.03. The number of nitrogens with one attached hydrogen (secondary N) is 2. The van der Waals surface area contributed by atoms with Gasteiger partial charge in [-0.1, -0.05) is 6.07 Å². The van der Waals surface area contributed by atoms with Crippen molar-refractivity contribution in [1.29, 1.82) is 0 Å². The first-order valence-corrected chi connectivity index (χ1v) is 8.35. The van der Waals surface area contributed by atoms with Gasteiger partial charge in [-0.05, 0) is 44.0 Å². The maximum atomic E-state index is 12.4. The molecule has 3 aromatic heterocycles. The molecular formula is C18H17N7O. The molecule has 4 rings (SSSR count). The zero-order valence-corrected chi connectivity index (χ0v) is 14.2. The topological polar surface area (TPSA) is 106 Å². The van der Waals surface area contributed by atoms with Crippen molar-refractivity contribution in [2.75, 3.05) is 10.6 Å². The van der Waals surface area contributed by atoms with E-state index in [1.807, 2.05) is 12.1 Å². The SMILES string of the molecule is Cc1nc(NC(=O)c2ccc(NC3CC3)nc2)nc(-c2ccccn2)n1. The normalized spacial score (nSPS) is 13.3. The molecule has 3 heterocycles. The van der Waals surface area contributed by atoms with Gasteiger partial charge in [-0.3, -0.25) is 15.1 Å². The zero-order valence-electron chi connectivity index (χ0n) is 14.2. The Morgan fingerprint density at radius 1 is 1.08 bits per heavy atom. The summed E-state index contributed by atoms with van der Waals surface area (Å²) in [7, 11) is 0. The van der Waals surface area contributed by atoms with E-state index in [-0.39, 0.29) is 11.9 Å². The molecule has 3 aromatic rings. The predicted octanol–water partition coefficient (Wildman–Crippen LogP) is 2.46. The van der Waals surface area contributed by atoms with Crippen molar-refractivity contribution in [2.24, 2.45) is 0 Å². The average Bonchev–Trinajstić information content (AvgIpc) is 3.46. The van der Waals surface area contributed by atoms with E-state index in [9.17, 15) is 4.79 Å². The molecule has 130 valence electrons. The number of nitrogens with zero attached hydrogens (tertiary/aromatic N) is 5. The van der Waals surface area contributed by atoms with Gasteiger partial charge in [0.05, 0.1) is 5.56 Å². The highest BCUT2D eigenvalue weighted by Crippen LogP contribution is 2.23. The van der Waals surface area contributed by atoms with Crippen molar-refractivity contribution in [3.8, 4) is 11.5 Å². The van der Waals surface area contributed by atoms with Crippen molar-refractivity contribution in [1.82, 2.24) is 24.9 Å². The van der Waals surface area contributed by atoms with Crippen molar-refractivity contribution in [3.05, 3.63) is 54.1 Å². The molecule has 0 aromatic carbocycles. The lowest BCUT2D eigenvalue weighted by Gasteiger charge is -2.07. The Kier molecular flexibility index (Phi) is 4.22. The van der Waals surface area contributed by atoms with Gasteiger partial charge in [-0.25, -0.2) is 9.97 Å². The van der Waals surface area contributed by atoms with Crippen LogP contribution in [0.2, 0.25) is 0 Å². The Morgan fingerprint density at radius 3 is 2.65 bits per heavy atom. The third-order valence-corrected chi connectivity index (χ3v) is 3.82. The fraction of sp³-hybridized carbons (Fsp3) is 0.222. The summed E-state index contributed by atoms with van der Waals surface area (Å²) in [5.41, 5.74) is 1.05. The maximum absolute atomic E-state index is 12.4. The zero-order chi connectivity index (χ0) is 17.9. The lowest BCUT2D eigenvalue weighted by molar-refractivity contribution is 0.102. The maximum Gasteiger partial charge on any atom is 0.259 e. The second-order valence-electron chi connectivity index (χ2n) is 6.05. The standard InChI is InChI=1S/C18H17N7O/c1-11-21-16(14-4-2-3-9-19-14)24-18(22-11)25-17(26)12-5-8-15(20-10-12)23-13-6-7-13/h2-5,8-10,13H,6-7H2,1H3,(H,20,23)(H,21,22,24,25,26). The van der Waals surface area contributed by atoms with E-state index >= 15 is 0 Å². The van der Waals surface area contributed by atoms with E-state index in [1.165, 1.54) is 19.0 Å². The van der Waals surface area contributed by atoms with Crippen LogP contribution in [0.5, 0.6) is 0 Å². The minimum absolute atomic E-state index is 0.184. The van der Waals surface area contributed by atoms with Crippen LogP contribution in [-0.2, 0) is 0 Å². The molecule has 8 nitrogen and oxygen atoms in total. The highest BCUT2D eigenvalue weighted by Gasteiger charge is 2.21. The van der Waals surface area contributed by atoms with E-state index in [2.05, 4.69) is 35.6 Å². The number of rotatable bonds is 5. The summed E-state index contributed by atoms with van der Waals surface area (Å²) >= 11 is 0. The summed E-state index contributed by atoms with van der Waals surface area (Å²) in [5, 5.41) is 5.97. The summed E-state index contributed by atoms with van der Waals surface area (Å²) in [5.74, 6) is 1.54. The third kappa shape index (κ3) is 3.80. The number of carbonyl (C=O) groups is 1. The van der Waals surface area contributed by atoms with Gasteiger partial charge in [-0.15, -0.1) is 0 Å². The van der Waals surface area contributed by atoms with Gasteiger partial charge in [0.25, 0.3) is 5.91 Å². The Balaban J connectivity index is 1.51. The minimum Gasteiger partial charge on any atom is -0.367 e. The first-order valence-electron chi connectivity index (χ1n) is 8.35. The van der Waals surface area contributed by atoms with Gasteiger partial charge in [0.1, 0.15) is 17.3 Å². The summed E-state index contributed by atoms with van der Waals surface area (Å²) in [4.78, 5) is 33.7. The summed E-state index contributed by atoms with van der Waals surface area (Å²) in [6.45, 7) is 1.74. The summed E-state index contributed by atoms with van der Waals surface area (Å²) < 4.78 is 0. The van der Waals surface area contributed by atoms with Gasteiger partial charge in [0, 0.05) is 18.4 Å². The van der Waals surface area contributed by atoms with Gasteiger partial charge in [-0.2, -0.15) is 9.97 Å². The summed E-state index contributed by atoms with van der Waals surface area (Å²) in [6.07, 6.45) is 5.53. The second-order valence-corrected chi connectivity index (χ2v) is 6.05. The number of pyridine rings is 2. The van der Waals surface area contributed by atoms with Crippen LogP contribution in [0, 0.1) is 6.92 Å². The average molecular weight is 347 g/mol. The van der Waals surface area contributed by atoms with Gasteiger partial charge in [0.2, 0.25) is 5.95 Å². The lowest BCUT2D eigenvalue weighted by atomic mass is 10.2. The molecule has 0 saturated heterocycles. The predicted molar refractivity (Wildman–Crippen MR) is 96.6 cm³/mol. The van der Waals surface area contributed by atoms with Gasteiger partial charge >= 0.3 is 0 Å². The van der Waals surface area contributed by atoms with Crippen LogP contribution in [0.4, 0.5) is 11.8 Å². The Morgan fingerprint density at radius 2 is 1.96 bits per heavy atom. The van der Waals surface area contributed by atoms with Crippen molar-refractivity contribution < 1.29 is 4.79 Å². The van der Waals surface area contributed by atoms with Crippen LogP contribution < -0.4 is 10.6 Å². The third-order valence-electron chi connectivity index (χ3n) is 3.82. The monoisotopic (exact) mass is 347 g/mol. The smallest absolute Gasteiger partial charge is 0.259 e. The molecule has 0 spiro atoms. The number of anilines is 2. The highest BCUT2D eigenvalue weighted by atomic mass is 16.1. The van der Waals surface area contributed by atoms with Crippen molar-refractivity contribution in [2.45, 2.75) is 25.8 Å². The Hall–Kier alpha value is -3.42. The second kappa shape index (κ2) is 6.83. The van der Waals surface area contributed by atoms with Crippen molar-refractivity contribution >= 4 is 17.7 Å². The molecule has 0 bridgehead atoms. The molecule has 0 aliphatic heterocycles. The molecule has 1 saturated carbocycles. The van der Waals surface area contributed by atoms with E-state index in [4.69, 9.17) is 0 Å². The van der Waals surface area contributed by atoms with Crippen molar-refractivity contribution in [3.63, 3.8) is 0 Å². The first kappa shape index (κ1) is 16.1. The Labute approximate surface area is 150 Å². The van der Waals surface area contributed by atoms with Crippen LogP contribution in [-0.4, -0.2) is 36.9 Å². The molecule has 1 aliphatic carbocycles. The quantitative estimate of drug-likeness (QED) is 0.730. The number of aromatic nitrogens is 5. The van der Waals surface area contributed by atoms with E-state index in [1.54, 1.807) is 31.3 Å². The fourth-order valence-electron chi connectivity index (χ4n) is 2.37. The summed E-state index contributed by atoms with van der Waals surface area (Å²) in [6, 6.07) is 9.50. The van der Waals surface area contributed by atoms with E-state index in [0.717, 1.165) is 5.82 Å². The van der Waals surface area contributed by atoms with Crippen LogP contribution in [0.25, 0.3) is 11.5 Å². The fourth-order valence-corrected chi connectivity index (χ4v) is 2.37. The molecular weight excluding hydrogens is 330 g/mol. The van der Waals surface area contributed by atoms with E-state index < -0.39 is 0 Å². The lowest BCUT2D eigenvalue weighted by Crippen LogP contribution is -2.16. The number of hydrogen-bond donors (Lipinski definition) is 2. The molecule has 0 atom stereocenters. The number of carbonyl (C=O) groups excluding carboxylic acids is 1. The number of aryl methyl sites for hydroxylation is 1. The van der Waals surface area contributed by atoms with Gasteiger partial charge < -0.3 is 5.32 Å². The first-order chi connectivity index (χ1) is 12.7. The number of amides is 1. The van der Waals surface area contributed by atoms with Crippen LogP contribution in [0.3, 0.4) is 0 Å². The van der Waals surface area contributed by atoms with Crippen LogP contribution in [0.1, 0.15) is 29.0 Å². The number of hydrogen-bond acceptors (Lipinski definition) is 7. The molecule has 8 heteroatoms. The van der Waals surface area contributed by atoms with Crippen LogP contribution >= 0.6 is 0 Å². The molecule has 1 fully saturated rings. The molecule has 1 aliphatic rings. The minimum atomic E-state index is -0.326. The Bertz CT molecular complexity index is 924. The molecule has 0 radical (unpaired) electrons. The molecule has 2 N–H and O–H groups in total.